The SMILES string of the molecule is O=C(Cn1cnc2sccc2c1=O)NC(CCCc1ccccc1)c1ccccc1. The molecule has 5 nitrogen and oxygen atoms in total. The van der Waals surface area contributed by atoms with Gasteiger partial charge in [0.15, 0.2) is 0 Å². The van der Waals surface area contributed by atoms with Crippen molar-refractivity contribution in [3.05, 3.63) is 99.9 Å². The Bertz CT molecular complexity index is 1170. The Morgan fingerprint density at radius 2 is 1.77 bits per heavy atom. The van der Waals surface area contributed by atoms with Gasteiger partial charge in [-0.15, -0.1) is 11.3 Å². The zero-order chi connectivity index (χ0) is 20.8. The van der Waals surface area contributed by atoms with Crippen LogP contribution < -0.4 is 10.9 Å². The highest BCUT2D eigenvalue weighted by Crippen LogP contribution is 2.20. The molecule has 1 atom stereocenters. The largest absolute Gasteiger partial charge is 0.348 e. The molecule has 30 heavy (non-hydrogen) atoms. The molecule has 2 aromatic carbocycles. The second kappa shape index (κ2) is 9.50. The summed E-state index contributed by atoms with van der Waals surface area (Å²) >= 11 is 1.42. The second-order valence-electron chi connectivity index (χ2n) is 7.23. The number of aryl methyl sites for hydroxylation is 1. The van der Waals surface area contributed by atoms with E-state index in [9.17, 15) is 9.59 Å². The highest BCUT2D eigenvalue weighted by atomic mass is 32.1. The number of nitrogens with zero attached hydrogens (tertiary/aromatic N) is 2. The maximum Gasteiger partial charge on any atom is 0.262 e. The van der Waals surface area contributed by atoms with Gasteiger partial charge in [0.05, 0.1) is 17.8 Å². The van der Waals surface area contributed by atoms with Gasteiger partial charge >= 0.3 is 0 Å². The minimum Gasteiger partial charge on any atom is -0.348 e. The summed E-state index contributed by atoms with van der Waals surface area (Å²) in [4.78, 5) is 30.3. The summed E-state index contributed by atoms with van der Waals surface area (Å²) < 4.78 is 1.37. The molecule has 4 rings (SSSR count). The summed E-state index contributed by atoms with van der Waals surface area (Å²) in [6.07, 6.45) is 4.18. The molecule has 0 radical (unpaired) electrons. The average Bonchev–Trinajstić information content (AvgIpc) is 3.26. The van der Waals surface area contributed by atoms with Crippen LogP contribution in [0.3, 0.4) is 0 Å². The Hall–Kier alpha value is -3.25. The number of thiophene rings is 1. The summed E-state index contributed by atoms with van der Waals surface area (Å²) in [6, 6.07) is 22.0. The van der Waals surface area contributed by atoms with Crippen molar-refractivity contribution in [3.8, 4) is 0 Å². The molecule has 1 unspecified atom stereocenters. The normalized spacial score (nSPS) is 12.0. The fourth-order valence-electron chi connectivity index (χ4n) is 3.56. The lowest BCUT2D eigenvalue weighted by atomic mass is 9.99. The van der Waals surface area contributed by atoms with Crippen LogP contribution in [0.4, 0.5) is 0 Å². The first-order valence-corrected chi connectivity index (χ1v) is 10.9. The Balaban J connectivity index is 1.44. The van der Waals surface area contributed by atoms with Gasteiger partial charge in [0, 0.05) is 0 Å². The minimum atomic E-state index is -0.193. The Labute approximate surface area is 179 Å². The molecule has 4 aromatic rings. The molecule has 0 aliphatic heterocycles. The van der Waals surface area contributed by atoms with E-state index in [0.717, 1.165) is 24.8 Å². The van der Waals surface area contributed by atoms with Crippen molar-refractivity contribution in [1.82, 2.24) is 14.9 Å². The first-order chi connectivity index (χ1) is 14.7. The third-order valence-corrected chi connectivity index (χ3v) is 5.92. The fraction of sp³-hybridized carbons (Fsp3) is 0.208. The zero-order valence-electron chi connectivity index (χ0n) is 16.5. The van der Waals surface area contributed by atoms with Crippen molar-refractivity contribution in [2.24, 2.45) is 0 Å². The van der Waals surface area contributed by atoms with Crippen LogP contribution in [0.2, 0.25) is 0 Å². The van der Waals surface area contributed by atoms with Crippen LogP contribution >= 0.6 is 11.3 Å². The van der Waals surface area contributed by atoms with Gasteiger partial charge in [-0.2, -0.15) is 0 Å². The number of aromatic nitrogens is 2. The van der Waals surface area contributed by atoms with E-state index in [4.69, 9.17) is 0 Å². The lowest BCUT2D eigenvalue weighted by Gasteiger charge is -2.20. The van der Waals surface area contributed by atoms with Gasteiger partial charge in [-0.05, 0) is 41.8 Å². The number of hydrogen-bond donors (Lipinski definition) is 1. The van der Waals surface area contributed by atoms with Gasteiger partial charge < -0.3 is 5.32 Å². The number of amides is 1. The van der Waals surface area contributed by atoms with Crippen molar-refractivity contribution in [1.29, 1.82) is 0 Å². The van der Waals surface area contributed by atoms with Crippen LogP contribution in [0.1, 0.15) is 30.0 Å². The van der Waals surface area contributed by atoms with E-state index >= 15 is 0 Å². The van der Waals surface area contributed by atoms with Gasteiger partial charge in [0.2, 0.25) is 5.91 Å². The highest BCUT2D eigenvalue weighted by Gasteiger charge is 2.16. The van der Waals surface area contributed by atoms with E-state index in [0.29, 0.717) is 10.2 Å². The molecule has 6 heteroatoms. The number of carbonyl (C=O) groups is 1. The predicted molar refractivity (Wildman–Crippen MR) is 121 cm³/mol. The topological polar surface area (TPSA) is 64.0 Å². The molecule has 0 saturated carbocycles. The van der Waals surface area contributed by atoms with E-state index in [1.807, 2.05) is 53.9 Å². The van der Waals surface area contributed by atoms with Crippen LogP contribution in [-0.2, 0) is 17.8 Å². The van der Waals surface area contributed by atoms with Gasteiger partial charge in [-0.25, -0.2) is 4.98 Å². The van der Waals surface area contributed by atoms with Crippen LogP contribution in [0.25, 0.3) is 10.2 Å². The third-order valence-electron chi connectivity index (χ3n) is 5.10. The summed E-state index contributed by atoms with van der Waals surface area (Å²) in [6.45, 7) is -0.0420. The standard InChI is InChI=1S/C24H23N3O2S/c28-22(16-27-17-25-23-20(24(27)29)14-15-30-23)26-21(19-11-5-2-6-12-19)13-7-10-18-8-3-1-4-9-18/h1-6,8-9,11-12,14-15,17,21H,7,10,13,16H2,(H,26,28). The molecule has 152 valence electrons. The summed E-state index contributed by atoms with van der Waals surface area (Å²) in [5.74, 6) is -0.193. The van der Waals surface area contributed by atoms with E-state index < -0.39 is 0 Å². The molecule has 2 aromatic heterocycles. The van der Waals surface area contributed by atoms with E-state index in [2.05, 4.69) is 22.4 Å². The average molecular weight is 418 g/mol. The molecule has 1 N–H and O–H groups in total. The van der Waals surface area contributed by atoms with Gasteiger partial charge in [-0.3, -0.25) is 14.2 Å². The van der Waals surface area contributed by atoms with Crippen molar-refractivity contribution in [2.75, 3.05) is 0 Å². The van der Waals surface area contributed by atoms with E-state index in [1.165, 1.54) is 27.8 Å². The minimum absolute atomic E-state index is 0.0420. The van der Waals surface area contributed by atoms with Crippen molar-refractivity contribution >= 4 is 27.5 Å². The lowest BCUT2D eigenvalue weighted by molar-refractivity contribution is -0.122. The summed E-state index contributed by atoms with van der Waals surface area (Å²) in [5, 5.41) is 5.50. The first kappa shape index (κ1) is 20.0. The second-order valence-corrected chi connectivity index (χ2v) is 8.12. The summed E-state index contributed by atoms with van der Waals surface area (Å²) in [7, 11) is 0. The van der Waals surface area contributed by atoms with Crippen molar-refractivity contribution < 1.29 is 4.79 Å². The molecular formula is C24H23N3O2S. The number of rotatable bonds is 8. The molecule has 0 fully saturated rings. The molecule has 0 aliphatic carbocycles. The molecule has 2 heterocycles. The number of carbonyl (C=O) groups excluding carboxylic acids is 1. The Morgan fingerprint density at radius 3 is 2.53 bits per heavy atom. The first-order valence-electron chi connectivity index (χ1n) is 10.0. The monoisotopic (exact) mass is 417 g/mol. The molecule has 0 saturated heterocycles. The highest BCUT2D eigenvalue weighted by molar-refractivity contribution is 7.16. The van der Waals surface area contributed by atoms with Crippen LogP contribution in [0, 0.1) is 0 Å². The quantitative estimate of drug-likeness (QED) is 0.464. The Morgan fingerprint density at radius 1 is 1.03 bits per heavy atom. The lowest BCUT2D eigenvalue weighted by Crippen LogP contribution is -2.34. The molecular weight excluding hydrogens is 394 g/mol. The smallest absolute Gasteiger partial charge is 0.262 e. The third kappa shape index (κ3) is 4.83. The number of fused-ring (bicyclic) bond motifs is 1. The van der Waals surface area contributed by atoms with Gasteiger partial charge in [0.25, 0.3) is 5.56 Å². The van der Waals surface area contributed by atoms with E-state index in [1.54, 1.807) is 6.07 Å². The van der Waals surface area contributed by atoms with Crippen molar-refractivity contribution in [2.45, 2.75) is 31.8 Å². The maximum atomic E-state index is 12.8. The van der Waals surface area contributed by atoms with Gasteiger partial charge in [-0.1, -0.05) is 60.7 Å². The number of nitrogens with one attached hydrogen (secondary N) is 1. The van der Waals surface area contributed by atoms with Crippen LogP contribution in [0.15, 0.2) is 83.2 Å². The number of hydrogen-bond acceptors (Lipinski definition) is 4. The molecule has 0 spiro atoms. The van der Waals surface area contributed by atoms with Crippen LogP contribution in [0.5, 0.6) is 0 Å². The molecule has 0 aliphatic rings. The fourth-order valence-corrected chi connectivity index (χ4v) is 4.29. The van der Waals surface area contributed by atoms with Gasteiger partial charge in [0.1, 0.15) is 11.4 Å². The summed E-state index contributed by atoms with van der Waals surface area (Å²) in [5.41, 5.74) is 2.17. The molecule has 1 amide bonds. The predicted octanol–water partition coefficient (Wildman–Crippen LogP) is 4.34. The van der Waals surface area contributed by atoms with E-state index in [-0.39, 0.29) is 24.1 Å². The Kier molecular flexibility index (Phi) is 6.35. The number of benzene rings is 2. The zero-order valence-corrected chi connectivity index (χ0v) is 17.3. The molecule has 0 bridgehead atoms. The van der Waals surface area contributed by atoms with Crippen LogP contribution in [-0.4, -0.2) is 15.5 Å². The maximum absolute atomic E-state index is 12.8. The van der Waals surface area contributed by atoms with Crippen molar-refractivity contribution in [3.63, 3.8) is 0 Å².